The van der Waals surface area contributed by atoms with E-state index < -0.39 is 10.0 Å². The van der Waals surface area contributed by atoms with E-state index >= 15 is 0 Å². The molecule has 0 spiro atoms. The van der Waals surface area contributed by atoms with Gasteiger partial charge in [0.2, 0.25) is 27.9 Å². The SMILES string of the molecule is CN(C)c1nc(NCCc2ccc(S(N)(=O)=O)cc2)nc(N(C)C)n1. The van der Waals surface area contributed by atoms with Crippen molar-refractivity contribution in [2.24, 2.45) is 5.14 Å². The number of aromatic nitrogens is 3. The Morgan fingerprint density at radius 3 is 1.92 bits per heavy atom. The second-order valence-electron chi connectivity index (χ2n) is 5.91. The predicted molar refractivity (Wildman–Crippen MR) is 98.5 cm³/mol. The van der Waals surface area contributed by atoms with E-state index in [1.807, 2.05) is 38.0 Å². The summed E-state index contributed by atoms with van der Waals surface area (Å²) in [6.07, 6.45) is 0.686. The van der Waals surface area contributed by atoms with E-state index in [-0.39, 0.29) is 4.90 Å². The number of nitrogens with zero attached hydrogens (tertiary/aromatic N) is 5. The number of rotatable bonds is 7. The van der Waals surface area contributed by atoms with E-state index in [2.05, 4.69) is 20.3 Å². The molecule has 0 bridgehead atoms. The average molecular weight is 365 g/mol. The van der Waals surface area contributed by atoms with E-state index in [0.29, 0.717) is 30.8 Å². The van der Waals surface area contributed by atoms with Crippen LogP contribution in [0.4, 0.5) is 17.8 Å². The van der Waals surface area contributed by atoms with Crippen LogP contribution < -0.4 is 20.3 Å². The molecule has 0 aliphatic rings. The highest BCUT2D eigenvalue weighted by Crippen LogP contribution is 2.14. The van der Waals surface area contributed by atoms with Gasteiger partial charge in [0.1, 0.15) is 0 Å². The molecule has 0 amide bonds. The first-order chi connectivity index (χ1) is 11.7. The summed E-state index contributed by atoms with van der Waals surface area (Å²) >= 11 is 0. The maximum absolute atomic E-state index is 11.3. The molecular formula is C15H23N7O2S. The van der Waals surface area contributed by atoms with Gasteiger partial charge in [-0.05, 0) is 24.1 Å². The topological polar surface area (TPSA) is 117 Å². The number of hydrogen-bond donors (Lipinski definition) is 2. The summed E-state index contributed by atoms with van der Waals surface area (Å²) < 4.78 is 22.5. The average Bonchev–Trinajstić information content (AvgIpc) is 2.54. The largest absolute Gasteiger partial charge is 0.354 e. The first-order valence-corrected chi connectivity index (χ1v) is 9.18. The molecule has 3 N–H and O–H groups in total. The summed E-state index contributed by atoms with van der Waals surface area (Å²) in [5.74, 6) is 1.63. The molecule has 25 heavy (non-hydrogen) atoms. The minimum atomic E-state index is -3.66. The summed E-state index contributed by atoms with van der Waals surface area (Å²) in [7, 11) is 3.81. The fourth-order valence-corrected chi connectivity index (χ4v) is 2.51. The normalized spacial score (nSPS) is 11.2. The van der Waals surface area contributed by atoms with Crippen molar-refractivity contribution in [1.29, 1.82) is 0 Å². The van der Waals surface area contributed by atoms with E-state index in [1.54, 1.807) is 12.1 Å². The Balaban J connectivity index is 2.04. The Bertz CT molecular complexity index is 794. The molecule has 0 atom stereocenters. The number of nitrogens with one attached hydrogen (secondary N) is 1. The Kier molecular flexibility index (Phi) is 5.75. The van der Waals surface area contributed by atoms with Gasteiger partial charge in [0.25, 0.3) is 0 Å². The summed E-state index contributed by atoms with van der Waals surface area (Å²) in [5, 5.41) is 8.26. The molecule has 10 heteroatoms. The van der Waals surface area contributed by atoms with Gasteiger partial charge in [0.15, 0.2) is 0 Å². The van der Waals surface area contributed by atoms with Crippen molar-refractivity contribution in [3.63, 3.8) is 0 Å². The fourth-order valence-electron chi connectivity index (χ4n) is 2.00. The first kappa shape index (κ1) is 18.9. The first-order valence-electron chi connectivity index (χ1n) is 7.63. The molecule has 1 aromatic heterocycles. The lowest BCUT2D eigenvalue weighted by Gasteiger charge is -2.16. The molecule has 0 aliphatic carbocycles. The molecule has 136 valence electrons. The molecule has 1 heterocycles. The van der Waals surface area contributed by atoms with Gasteiger partial charge < -0.3 is 15.1 Å². The lowest BCUT2D eigenvalue weighted by atomic mass is 10.1. The van der Waals surface area contributed by atoms with Crippen LogP contribution in [-0.4, -0.2) is 58.1 Å². The number of benzene rings is 1. The molecule has 0 aliphatic heterocycles. The minimum Gasteiger partial charge on any atom is -0.354 e. The fraction of sp³-hybridized carbons (Fsp3) is 0.400. The van der Waals surface area contributed by atoms with Crippen LogP contribution in [0.5, 0.6) is 0 Å². The van der Waals surface area contributed by atoms with Crippen LogP contribution in [0.3, 0.4) is 0 Å². The third kappa shape index (κ3) is 5.26. The monoisotopic (exact) mass is 365 g/mol. The molecule has 2 aromatic rings. The van der Waals surface area contributed by atoms with Crippen molar-refractivity contribution >= 4 is 27.9 Å². The number of nitrogens with two attached hydrogens (primary N) is 1. The molecule has 0 saturated heterocycles. The number of hydrogen-bond acceptors (Lipinski definition) is 8. The molecular weight excluding hydrogens is 342 g/mol. The molecule has 0 saturated carbocycles. The van der Waals surface area contributed by atoms with Crippen LogP contribution in [0, 0.1) is 0 Å². The van der Waals surface area contributed by atoms with Gasteiger partial charge in [-0.2, -0.15) is 15.0 Å². The Labute approximate surface area is 148 Å². The van der Waals surface area contributed by atoms with Gasteiger partial charge in [0.05, 0.1) is 4.90 Å². The molecule has 0 unspecified atom stereocenters. The molecule has 0 radical (unpaired) electrons. The van der Waals surface area contributed by atoms with Gasteiger partial charge >= 0.3 is 0 Å². The Morgan fingerprint density at radius 2 is 1.48 bits per heavy atom. The summed E-state index contributed by atoms with van der Waals surface area (Å²) in [5.41, 5.74) is 0.981. The lowest BCUT2D eigenvalue weighted by Crippen LogP contribution is -2.20. The third-order valence-corrected chi connectivity index (χ3v) is 4.29. The van der Waals surface area contributed by atoms with Crippen LogP contribution in [-0.2, 0) is 16.4 Å². The Hall–Kier alpha value is -2.46. The summed E-state index contributed by atoms with van der Waals surface area (Å²) in [6.45, 7) is 0.596. The summed E-state index contributed by atoms with van der Waals surface area (Å²) in [4.78, 5) is 16.8. The van der Waals surface area contributed by atoms with Crippen molar-refractivity contribution in [1.82, 2.24) is 15.0 Å². The Morgan fingerprint density at radius 1 is 0.960 bits per heavy atom. The zero-order valence-corrected chi connectivity index (χ0v) is 15.6. The van der Waals surface area contributed by atoms with Crippen molar-refractivity contribution in [2.45, 2.75) is 11.3 Å². The maximum atomic E-state index is 11.3. The van der Waals surface area contributed by atoms with E-state index in [1.165, 1.54) is 12.1 Å². The molecule has 2 rings (SSSR count). The van der Waals surface area contributed by atoms with Crippen molar-refractivity contribution in [2.75, 3.05) is 49.9 Å². The highest BCUT2D eigenvalue weighted by Gasteiger charge is 2.10. The van der Waals surface area contributed by atoms with E-state index in [9.17, 15) is 8.42 Å². The number of sulfonamides is 1. The van der Waals surface area contributed by atoms with Crippen LogP contribution >= 0.6 is 0 Å². The predicted octanol–water partition coefficient (Wildman–Crippen LogP) is 0.306. The standard InChI is InChI=1S/C15H23N7O2S/c1-21(2)14-18-13(19-15(20-14)22(3)4)17-10-9-11-5-7-12(8-6-11)25(16,23)24/h5-8H,9-10H2,1-4H3,(H2,16,23,24)(H,17,18,19,20). The minimum absolute atomic E-state index is 0.105. The van der Waals surface area contributed by atoms with Crippen molar-refractivity contribution in [3.05, 3.63) is 29.8 Å². The van der Waals surface area contributed by atoms with Crippen molar-refractivity contribution < 1.29 is 8.42 Å². The number of primary sulfonamides is 1. The second-order valence-corrected chi connectivity index (χ2v) is 7.48. The summed E-state index contributed by atoms with van der Waals surface area (Å²) in [6, 6.07) is 6.49. The number of anilines is 3. The smallest absolute Gasteiger partial charge is 0.238 e. The van der Waals surface area contributed by atoms with Gasteiger partial charge in [-0.3, -0.25) is 0 Å². The second kappa shape index (κ2) is 7.62. The van der Waals surface area contributed by atoms with Gasteiger partial charge in [-0.25, -0.2) is 13.6 Å². The molecule has 1 aromatic carbocycles. The van der Waals surface area contributed by atoms with Crippen LogP contribution in [0.2, 0.25) is 0 Å². The third-order valence-electron chi connectivity index (χ3n) is 3.36. The zero-order chi connectivity index (χ0) is 18.6. The van der Waals surface area contributed by atoms with Crippen LogP contribution in [0.1, 0.15) is 5.56 Å². The van der Waals surface area contributed by atoms with Gasteiger partial charge in [0, 0.05) is 34.7 Å². The van der Waals surface area contributed by atoms with Gasteiger partial charge in [-0.1, -0.05) is 12.1 Å². The van der Waals surface area contributed by atoms with Gasteiger partial charge in [-0.15, -0.1) is 0 Å². The van der Waals surface area contributed by atoms with E-state index in [0.717, 1.165) is 5.56 Å². The molecule has 0 fully saturated rings. The highest BCUT2D eigenvalue weighted by molar-refractivity contribution is 7.89. The van der Waals surface area contributed by atoms with Crippen LogP contribution in [0.25, 0.3) is 0 Å². The highest BCUT2D eigenvalue weighted by atomic mass is 32.2. The lowest BCUT2D eigenvalue weighted by molar-refractivity contribution is 0.598. The van der Waals surface area contributed by atoms with Crippen molar-refractivity contribution in [3.8, 4) is 0 Å². The maximum Gasteiger partial charge on any atom is 0.238 e. The van der Waals surface area contributed by atoms with Crippen LogP contribution in [0.15, 0.2) is 29.2 Å². The molecule has 9 nitrogen and oxygen atoms in total. The zero-order valence-electron chi connectivity index (χ0n) is 14.8. The van der Waals surface area contributed by atoms with E-state index in [4.69, 9.17) is 5.14 Å². The quantitative estimate of drug-likeness (QED) is 0.720.